The van der Waals surface area contributed by atoms with Crippen molar-refractivity contribution in [3.8, 4) is 0 Å². The Bertz CT molecular complexity index is 787. The van der Waals surface area contributed by atoms with Gasteiger partial charge in [0.15, 0.2) is 8.32 Å². The summed E-state index contributed by atoms with van der Waals surface area (Å²) in [6.45, 7) is 25.2. The van der Waals surface area contributed by atoms with E-state index in [1.807, 2.05) is 6.07 Å². The number of rotatable bonds is 7. The van der Waals surface area contributed by atoms with Gasteiger partial charge in [-0.05, 0) is 54.6 Å². The van der Waals surface area contributed by atoms with Gasteiger partial charge in [-0.15, -0.1) is 0 Å². The average molecular weight is 616 g/mol. The number of Topliss-reactive ketones (excluding diaryl/α,β-unsaturated/α-hetero) is 1. The van der Waals surface area contributed by atoms with Crippen LogP contribution in [-0.4, -0.2) is 20.2 Å². The number of thioether (sulfide) groups is 1. The van der Waals surface area contributed by atoms with E-state index in [9.17, 15) is 4.79 Å². The van der Waals surface area contributed by atoms with E-state index in [1.165, 1.54) is 37.0 Å². The molecule has 0 amide bonds. The number of hydrogen-bond acceptors (Lipinski definition) is 3. The summed E-state index contributed by atoms with van der Waals surface area (Å²) in [5, 5.41) is 0.216. The van der Waals surface area contributed by atoms with Crippen molar-refractivity contribution >= 4 is 25.9 Å². The maximum absolute atomic E-state index is 13.1. The molecule has 0 heterocycles. The van der Waals surface area contributed by atoms with E-state index in [-0.39, 0.29) is 34.1 Å². The summed E-state index contributed by atoms with van der Waals surface area (Å²) in [6.07, 6.45) is 12.5. The standard InChI is InChI=1S/C25H41O2SSi.C5H10.2CO.Fe/c1-19(2)16-20-17-21(27-29(6,7)25(3,4)5)12-11-15-24(26)23(20)18-28-22-13-9-8-10-14-22;1-2-4-5-3-1;2*1-2;/h8-10,13-14,18-21,23H,11-12,15-17H2,1-7H3;1-5H2;;;/q-1;;;;+2/t20-,21?,23+;;;;/m0..../s1. The van der Waals surface area contributed by atoms with E-state index in [4.69, 9.17) is 13.7 Å². The monoisotopic (exact) mass is 615 g/mol. The molecule has 1 aromatic rings. The van der Waals surface area contributed by atoms with Crippen molar-refractivity contribution in [2.45, 2.75) is 128 Å². The molecular weight excluding hydrogens is 564 g/mol. The number of benzene rings is 1. The third kappa shape index (κ3) is 16.4. The van der Waals surface area contributed by atoms with Gasteiger partial charge < -0.3 is 21.0 Å². The van der Waals surface area contributed by atoms with Gasteiger partial charge in [0.1, 0.15) is 5.78 Å². The molecular formula is C32H51FeO4SSi+. The largest absolute Gasteiger partial charge is 2.00 e. The van der Waals surface area contributed by atoms with Gasteiger partial charge in [0.05, 0.1) is 0 Å². The zero-order valence-electron chi connectivity index (χ0n) is 25.2. The molecule has 2 aliphatic carbocycles. The Hall–Kier alpha value is -0.584. The summed E-state index contributed by atoms with van der Waals surface area (Å²) in [5.41, 5.74) is 0. The maximum Gasteiger partial charge on any atom is 2.00 e. The molecule has 7 heteroatoms. The molecule has 0 N–H and O–H groups in total. The molecule has 3 rings (SSSR count). The predicted octanol–water partition coefficient (Wildman–Crippen LogP) is 9.63. The Morgan fingerprint density at radius 1 is 1.00 bits per heavy atom. The first-order valence-corrected chi connectivity index (χ1v) is 17.9. The van der Waals surface area contributed by atoms with Gasteiger partial charge in [-0.2, -0.15) is 0 Å². The summed E-state index contributed by atoms with van der Waals surface area (Å²) in [4.78, 5) is 14.3. The Balaban J connectivity index is 0. The normalized spacial score (nSPS) is 21.3. The zero-order valence-corrected chi connectivity index (χ0v) is 28.2. The first-order valence-electron chi connectivity index (χ1n) is 14.2. The number of carbonyl (C=O) groups is 1. The molecule has 220 valence electrons. The van der Waals surface area contributed by atoms with Crippen LogP contribution in [-0.2, 0) is 35.6 Å². The van der Waals surface area contributed by atoms with Crippen molar-refractivity contribution in [1.82, 2.24) is 0 Å². The molecule has 0 radical (unpaired) electrons. The second-order valence-electron chi connectivity index (χ2n) is 12.3. The van der Waals surface area contributed by atoms with Gasteiger partial charge >= 0.3 is 39.7 Å². The van der Waals surface area contributed by atoms with Gasteiger partial charge in [-0.25, -0.2) is 0 Å². The van der Waals surface area contributed by atoms with Crippen LogP contribution in [0, 0.1) is 36.8 Å². The van der Waals surface area contributed by atoms with Crippen LogP contribution in [0.2, 0.25) is 18.1 Å². The Labute approximate surface area is 255 Å². The van der Waals surface area contributed by atoms with Gasteiger partial charge in [0.25, 0.3) is 0 Å². The molecule has 2 fully saturated rings. The van der Waals surface area contributed by atoms with Crippen LogP contribution in [0.15, 0.2) is 35.2 Å². The molecule has 4 nitrogen and oxygen atoms in total. The Morgan fingerprint density at radius 3 is 1.97 bits per heavy atom. The van der Waals surface area contributed by atoms with Crippen molar-refractivity contribution in [3.05, 3.63) is 49.4 Å². The van der Waals surface area contributed by atoms with Crippen molar-refractivity contribution in [2.75, 3.05) is 0 Å². The maximum atomic E-state index is 13.1. The van der Waals surface area contributed by atoms with Gasteiger partial charge in [-0.3, -0.25) is 5.75 Å². The minimum absolute atomic E-state index is 0. The number of ketones is 1. The van der Waals surface area contributed by atoms with Crippen molar-refractivity contribution in [2.24, 2.45) is 17.8 Å². The summed E-state index contributed by atoms with van der Waals surface area (Å²) in [5.74, 6) is 3.62. The number of hydrogen-bond donors (Lipinski definition) is 0. The summed E-state index contributed by atoms with van der Waals surface area (Å²) in [7, 11) is -1.81. The first-order chi connectivity index (χ1) is 18.0. The van der Waals surface area contributed by atoms with Crippen LogP contribution < -0.4 is 0 Å². The molecule has 1 aromatic carbocycles. The van der Waals surface area contributed by atoms with Crippen LogP contribution in [0.1, 0.15) is 98.8 Å². The third-order valence-electron chi connectivity index (χ3n) is 7.78. The van der Waals surface area contributed by atoms with Crippen LogP contribution in [0.4, 0.5) is 0 Å². The second kappa shape index (κ2) is 22.1. The van der Waals surface area contributed by atoms with Gasteiger partial charge in [-0.1, -0.05) is 109 Å². The predicted molar refractivity (Wildman–Crippen MR) is 160 cm³/mol. The summed E-state index contributed by atoms with van der Waals surface area (Å²) < 4.78 is 21.8. The summed E-state index contributed by atoms with van der Waals surface area (Å²) in [6, 6.07) is 10.4. The van der Waals surface area contributed by atoms with Crippen molar-refractivity contribution in [3.63, 3.8) is 0 Å². The zero-order chi connectivity index (χ0) is 29.2. The topological polar surface area (TPSA) is 66.1 Å². The molecule has 1 unspecified atom stereocenters. The smallest absolute Gasteiger partial charge is 2.00 e. The molecule has 0 bridgehead atoms. The SMILES string of the molecule is C1CCCC1.CC(C)C[C@H]1CC(O[Si](C)(C)C(C)(C)C)CCCC(=O)[C@@H]1[CH-]Sc1ccccc1.[C-]#[O+].[C-]#[O+].[Fe+2]. The van der Waals surface area contributed by atoms with Crippen LogP contribution in [0.3, 0.4) is 0 Å². The van der Waals surface area contributed by atoms with Gasteiger partial charge in [0.2, 0.25) is 0 Å². The molecule has 0 saturated heterocycles. The van der Waals surface area contributed by atoms with Crippen LogP contribution >= 0.6 is 11.8 Å². The molecule has 0 aliphatic heterocycles. The molecule has 2 aliphatic rings. The molecule has 2 saturated carbocycles. The molecule has 0 aromatic heterocycles. The minimum atomic E-state index is -1.81. The fraction of sp³-hybridized carbons (Fsp3) is 0.688. The fourth-order valence-electron chi connectivity index (χ4n) is 4.81. The molecule has 39 heavy (non-hydrogen) atoms. The molecule has 3 atom stereocenters. The Morgan fingerprint density at radius 2 is 1.51 bits per heavy atom. The van der Waals surface area contributed by atoms with Crippen molar-refractivity contribution < 1.29 is 35.6 Å². The van der Waals surface area contributed by atoms with Crippen LogP contribution in [0.5, 0.6) is 0 Å². The van der Waals surface area contributed by atoms with E-state index in [0.29, 0.717) is 24.0 Å². The van der Waals surface area contributed by atoms with E-state index in [0.717, 1.165) is 25.7 Å². The Kier molecular flexibility index (Phi) is 22.9. The fourth-order valence-corrected chi connectivity index (χ4v) is 7.20. The number of carbonyl (C=O) groups excluding carboxylic acids is 1. The van der Waals surface area contributed by atoms with Gasteiger partial charge in [0, 0.05) is 12.5 Å². The van der Waals surface area contributed by atoms with E-state index in [2.05, 4.69) is 91.0 Å². The van der Waals surface area contributed by atoms with E-state index >= 15 is 0 Å². The third-order valence-corrected chi connectivity index (χ3v) is 13.3. The van der Waals surface area contributed by atoms with E-state index in [1.54, 1.807) is 11.8 Å². The second-order valence-corrected chi connectivity index (χ2v) is 18.1. The summed E-state index contributed by atoms with van der Waals surface area (Å²) >= 11 is 1.72. The quantitative estimate of drug-likeness (QED) is 0.133. The van der Waals surface area contributed by atoms with E-state index < -0.39 is 8.32 Å². The molecule has 0 spiro atoms. The minimum Gasteiger partial charge on any atom is 2.00 e. The first kappa shape index (κ1) is 40.6. The van der Waals surface area contributed by atoms with Crippen molar-refractivity contribution in [1.29, 1.82) is 0 Å². The average Bonchev–Trinajstić information content (AvgIpc) is 3.45. The van der Waals surface area contributed by atoms with Crippen LogP contribution in [0.25, 0.3) is 0 Å².